The summed E-state index contributed by atoms with van der Waals surface area (Å²) in [5, 5.41) is 12.1. The van der Waals surface area contributed by atoms with E-state index in [0.717, 1.165) is 12.8 Å². The van der Waals surface area contributed by atoms with Crippen molar-refractivity contribution in [3.8, 4) is 0 Å². The first kappa shape index (κ1) is 14.3. The molecule has 2 unspecified atom stereocenters. The van der Waals surface area contributed by atoms with Gasteiger partial charge in [-0.25, -0.2) is 0 Å². The van der Waals surface area contributed by atoms with Crippen LogP contribution in [-0.2, 0) is 14.3 Å². The van der Waals surface area contributed by atoms with Gasteiger partial charge in [0.15, 0.2) is 0 Å². The molecule has 2 saturated heterocycles. The van der Waals surface area contributed by atoms with Crippen molar-refractivity contribution in [3.63, 3.8) is 0 Å². The second-order valence-electron chi connectivity index (χ2n) is 5.40. The van der Waals surface area contributed by atoms with Crippen LogP contribution in [0.1, 0.15) is 26.2 Å². The molecule has 108 valence electrons. The van der Waals surface area contributed by atoms with E-state index in [9.17, 15) is 9.59 Å². The lowest BCUT2D eigenvalue weighted by atomic mass is 10.0. The van der Waals surface area contributed by atoms with Crippen molar-refractivity contribution in [2.24, 2.45) is 5.92 Å². The zero-order chi connectivity index (χ0) is 13.8. The molecule has 2 fully saturated rings. The third kappa shape index (κ3) is 3.67. The number of ether oxygens (including phenoxy) is 1. The normalized spacial score (nSPS) is 29.3. The number of carbonyl (C=O) groups is 2. The molecular weight excluding hydrogens is 248 g/mol. The number of carboxylic acids is 1. The zero-order valence-electron chi connectivity index (χ0n) is 11.3. The number of carbonyl (C=O) groups excluding carboxylic acids is 1. The van der Waals surface area contributed by atoms with E-state index < -0.39 is 5.97 Å². The van der Waals surface area contributed by atoms with Crippen molar-refractivity contribution in [1.82, 2.24) is 10.2 Å². The minimum Gasteiger partial charge on any atom is -0.481 e. The Morgan fingerprint density at radius 3 is 2.58 bits per heavy atom. The number of likely N-dealkylation sites (tertiary alicyclic amines) is 1. The Balaban J connectivity index is 1.77. The lowest BCUT2D eigenvalue weighted by Crippen LogP contribution is -2.45. The molecule has 0 saturated carbocycles. The Morgan fingerprint density at radius 1 is 1.32 bits per heavy atom. The first-order chi connectivity index (χ1) is 9.08. The molecule has 0 aromatic rings. The van der Waals surface area contributed by atoms with Gasteiger partial charge in [0, 0.05) is 25.3 Å². The van der Waals surface area contributed by atoms with Gasteiger partial charge < -0.3 is 15.2 Å². The largest absolute Gasteiger partial charge is 0.481 e. The number of amides is 1. The lowest BCUT2D eigenvalue weighted by Gasteiger charge is -2.26. The van der Waals surface area contributed by atoms with E-state index in [4.69, 9.17) is 9.84 Å². The molecule has 0 aliphatic carbocycles. The molecule has 2 aliphatic rings. The van der Waals surface area contributed by atoms with Gasteiger partial charge in [-0.15, -0.1) is 0 Å². The summed E-state index contributed by atoms with van der Waals surface area (Å²) in [6.45, 7) is 4.26. The molecule has 0 aromatic carbocycles. The Kier molecular flexibility index (Phi) is 4.76. The maximum absolute atomic E-state index is 11.9. The van der Waals surface area contributed by atoms with Crippen molar-refractivity contribution in [3.05, 3.63) is 0 Å². The Hall–Kier alpha value is -1.14. The average molecular weight is 270 g/mol. The first-order valence-corrected chi connectivity index (χ1v) is 6.92. The van der Waals surface area contributed by atoms with Crippen LogP contribution >= 0.6 is 0 Å². The van der Waals surface area contributed by atoms with Gasteiger partial charge in [-0.05, 0) is 32.7 Å². The topological polar surface area (TPSA) is 78.9 Å². The van der Waals surface area contributed by atoms with Gasteiger partial charge in [0.2, 0.25) is 5.91 Å². The van der Waals surface area contributed by atoms with Crippen molar-refractivity contribution >= 4 is 11.9 Å². The van der Waals surface area contributed by atoms with Crippen LogP contribution in [-0.4, -0.2) is 60.3 Å². The highest BCUT2D eigenvalue weighted by atomic mass is 16.5. The van der Waals surface area contributed by atoms with E-state index in [0.29, 0.717) is 32.7 Å². The van der Waals surface area contributed by atoms with E-state index in [-0.39, 0.29) is 23.9 Å². The van der Waals surface area contributed by atoms with Crippen LogP contribution in [0.2, 0.25) is 0 Å². The highest BCUT2D eigenvalue weighted by molar-refractivity contribution is 5.78. The summed E-state index contributed by atoms with van der Waals surface area (Å²) in [6.07, 6.45) is 2.35. The predicted molar refractivity (Wildman–Crippen MR) is 68.8 cm³/mol. The van der Waals surface area contributed by atoms with Crippen LogP contribution in [0.4, 0.5) is 0 Å². The first-order valence-electron chi connectivity index (χ1n) is 6.92. The third-order valence-electron chi connectivity index (χ3n) is 4.14. The molecule has 0 aromatic heterocycles. The number of nitrogens with one attached hydrogen (secondary N) is 1. The Labute approximate surface area is 113 Å². The second-order valence-corrected chi connectivity index (χ2v) is 5.40. The molecule has 2 heterocycles. The van der Waals surface area contributed by atoms with Crippen LogP contribution < -0.4 is 5.32 Å². The van der Waals surface area contributed by atoms with Gasteiger partial charge >= 0.3 is 5.97 Å². The van der Waals surface area contributed by atoms with Crippen molar-refractivity contribution in [2.75, 3.05) is 26.3 Å². The van der Waals surface area contributed by atoms with E-state index in [1.54, 1.807) is 0 Å². The average Bonchev–Trinajstić information content (AvgIpc) is 2.72. The van der Waals surface area contributed by atoms with Crippen molar-refractivity contribution in [1.29, 1.82) is 0 Å². The maximum atomic E-state index is 11.9. The molecule has 2 N–H and O–H groups in total. The molecule has 0 radical (unpaired) electrons. The molecule has 0 spiro atoms. The molecule has 2 rings (SSSR count). The number of carboxylic acid groups (broad SMARTS) is 1. The molecular formula is C13H22N2O4. The minimum absolute atomic E-state index is 0.00945. The summed E-state index contributed by atoms with van der Waals surface area (Å²) in [6, 6.07) is 0.132. The van der Waals surface area contributed by atoms with Gasteiger partial charge in [-0.2, -0.15) is 0 Å². The Bertz CT molecular complexity index is 342. The van der Waals surface area contributed by atoms with E-state index in [1.165, 1.54) is 0 Å². The third-order valence-corrected chi connectivity index (χ3v) is 4.14. The van der Waals surface area contributed by atoms with Crippen molar-refractivity contribution in [2.45, 2.75) is 38.3 Å². The summed E-state index contributed by atoms with van der Waals surface area (Å²) in [4.78, 5) is 24.9. The SMILES string of the molecule is CC1C(C(=O)O)CCN1CC(=O)NC1CCOCC1. The number of nitrogens with zero attached hydrogens (tertiary/aromatic N) is 1. The molecule has 2 aliphatic heterocycles. The van der Waals surface area contributed by atoms with E-state index in [2.05, 4.69) is 5.32 Å². The Morgan fingerprint density at radius 2 is 2.00 bits per heavy atom. The summed E-state index contributed by atoms with van der Waals surface area (Å²) in [5.41, 5.74) is 0. The van der Waals surface area contributed by atoms with Gasteiger partial charge in [-0.1, -0.05) is 0 Å². The lowest BCUT2D eigenvalue weighted by molar-refractivity contribution is -0.142. The van der Waals surface area contributed by atoms with Crippen LogP contribution in [0.15, 0.2) is 0 Å². The van der Waals surface area contributed by atoms with Gasteiger partial charge in [-0.3, -0.25) is 14.5 Å². The molecule has 0 bridgehead atoms. The van der Waals surface area contributed by atoms with Crippen LogP contribution in [0, 0.1) is 5.92 Å². The fraction of sp³-hybridized carbons (Fsp3) is 0.846. The fourth-order valence-electron chi connectivity index (χ4n) is 2.86. The summed E-state index contributed by atoms with van der Waals surface area (Å²) >= 11 is 0. The van der Waals surface area contributed by atoms with E-state index in [1.807, 2.05) is 11.8 Å². The van der Waals surface area contributed by atoms with Gasteiger partial charge in [0.05, 0.1) is 12.5 Å². The van der Waals surface area contributed by atoms with E-state index >= 15 is 0 Å². The number of rotatable bonds is 4. The maximum Gasteiger partial charge on any atom is 0.308 e. The number of aliphatic carboxylic acids is 1. The molecule has 6 nitrogen and oxygen atoms in total. The summed E-state index contributed by atoms with van der Waals surface area (Å²) in [5.74, 6) is -1.12. The highest BCUT2D eigenvalue weighted by Gasteiger charge is 2.36. The molecule has 19 heavy (non-hydrogen) atoms. The van der Waals surface area contributed by atoms with Crippen LogP contribution in [0.25, 0.3) is 0 Å². The zero-order valence-corrected chi connectivity index (χ0v) is 11.3. The van der Waals surface area contributed by atoms with Gasteiger partial charge in [0.25, 0.3) is 0 Å². The second kappa shape index (κ2) is 6.34. The smallest absolute Gasteiger partial charge is 0.308 e. The highest BCUT2D eigenvalue weighted by Crippen LogP contribution is 2.23. The molecule has 1 amide bonds. The molecule has 2 atom stereocenters. The number of hydrogen-bond acceptors (Lipinski definition) is 4. The summed E-state index contributed by atoms with van der Waals surface area (Å²) in [7, 11) is 0. The summed E-state index contributed by atoms with van der Waals surface area (Å²) < 4.78 is 5.25. The standard InChI is InChI=1S/C13H22N2O4/c1-9-11(13(17)18)2-5-15(9)8-12(16)14-10-3-6-19-7-4-10/h9-11H,2-8H2,1H3,(H,14,16)(H,17,18). The van der Waals surface area contributed by atoms with Crippen LogP contribution in [0.3, 0.4) is 0 Å². The number of hydrogen-bond donors (Lipinski definition) is 2. The fourth-order valence-corrected chi connectivity index (χ4v) is 2.86. The monoisotopic (exact) mass is 270 g/mol. The minimum atomic E-state index is -0.764. The van der Waals surface area contributed by atoms with Crippen LogP contribution in [0.5, 0.6) is 0 Å². The quantitative estimate of drug-likeness (QED) is 0.756. The van der Waals surface area contributed by atoms with Crippen molar-refractivity contribution < 1.29 is 19.4 Å². The predicted octanol–water partition coefficient (Wildman–Crippen LogP) is 0.0766. The van der Waals surface area contributed by atoms with Gasteiger partial charge in [0.1, 0.15) is 0 Å². The molecule has 6 heteroatoms.